The lowest BCUT2D eigenvalue weighted by Gasteiger charge is -2.34. The van der Waals surface area contributed by atoms with E-state index in [2.05, 4.69) is 27.8 Å². The average Bonchev–Trinajstić information content (AvgIpc) is 3.20. The number of rotatable bonds is 13. The van der Waals surface area contributed by atoms with Crippen molar-refractivity contribution in [3.05, 3.63) is 12.4 Å². The van der Waals surface area contributed by atoms with Gasteiger partial charge in [-0.2, -0.15) is 0 Å². The maximum atomic E-state index is 13.2. The molecule has 30 heavy (non-hydrogen) atoms. The highest BCUT2D eigenvalue weighted by molar-refractivity contribution is 5.95. The van der Waals surface area contributed by atoms with E-state index in [1.54, 1.807) is 13.8 Å². The Kier molecular flexibility index (Phi) is 10.7. The van der Waals surface area contributed by atoms with Crippen LogP contribution in [0.1, 0.15) is 79.1 Å². The molecule has 1 aliphatic rings. The molecule has 0 saturated heterocycles. The number of carbonyl (C=O) groups is 3. The molecule has 3 amide bonds. The van der Waals surface area contributed by atoms with Gasteiger partial charge >= 0.3 is 0 Å². The van der Waals surface area contributed by atoms with Gasteiger partial charge in [-0.1, -0.05) is 47.1 Å². The molecular weight excluding hydrogens is 382 g/mol. The zero-order valence-electron chi connectivity index (χ0n) is 19.1. The summed E-state index contributed by atoms with van der Waals surface area (Å²) in [6.07, 6.45) is 6.16. The summed E-state index contributed by atoms with van der Waals surface area (Å²) < 4.78 is 0. The third-order valence-electron chi connectivity index (χ3n) is 5.87. The van der Waals surface area contributed by atoms with E-state index in [0.29, 0.717) is 38.0 Å². The predicted octanol–water partition coefficient (Wildman–Crippen LogP) is 1.66. The lowest BCUT2D eigenvalue weighted by Crippen LogP contribution is -2.62. The Bertz CT molecular complexity index is 596. The number of carbonyl (C=O) groups excluding carboxylic acids is 3. The average molecular weight is 424 g/mol. The van der Waals surface area contributed by atoms with Gasteiger partial charge in [-0.15, -0.1) is 0 Å². The van der Waals surface area contributed by atoms with Crippen LogP contribution in [0.5, 0.6) is 0 Å². The van der Waals surface area contributed by atoms with Gasteiger partial charge < -0.3 is 27.0 Å². The van der Waals surface area contributed by atoms with Crippen molar-refractivity contribution in [2.24, 2.45) is 11.7 Å². The van der Waals surface area contributed by atoms with Crippen molar-refractivity contribution < 1.29 is 14.4 Å². The minimum absolute atomic E-state index is 0.168. The molecule has 1 rings (SSSR count). The van der Waals surface area contributed by atoms with E-state index in [0.717, 1.165) is 25.7 Å². The molecule has 0 aromatic heterocycles. The standard InChI is InChI=1S/C22H41N5O3/c1-6-22(7-2,27-19(28)15(3)4)21(30)26-18(13-10-14-24-16(5)23)20(29)25-17-11-8-9-12-17/h15,17-18,24H,5-14,23H2,1-4H3,(H,25,29)(H,26,30)(H,27,28)/t18-/m0/s1. The van der Waals surface area contributed by atoms with Gasteiger partial charge in [-0.25, -0.2) is 0 Å². The summed E-state index contributed by atoms with van der Waals surface area (Å²) in [7, 11) is 0. The summed E-state index contributed by atoms with van der Waals surface area (Å²) >= 11 is 0. The molecule has 0 aliphatic heterocycles. The Hall–Kier alpha value is -2.25. The van der Waals surface area contributed by atoms with Gasteiger partial charge in [0, 0.05) is 18.5 Å². The number of amides is 3. The summed E-state index contributed by atoms with van der Waals surface area (Å²) in [5, 5.41) is 11.8. The van der Waals surface area contributed by atoms with Crippen molar-refractivity contribution in [3.8, 4) is 0 Å². The number of hydrogen-bond acceptors (Lipinski definition) is 5. The van der Waals surface area contributed by atoms with Gasteiger partial charge in [0.2, 0.25) is 17.7 Å². The van der Waals surface area contributed by atoms with Crippen LogP contribution in [0.3, 0.4) is 0 Å². The fraction of sp³-hybridized carbons (Fsp3) is 0.773. The number of hydrogen-bond donors (Lipinski definition) is 5. The van der Waals surface area contributed by atoms with Crippen LogP contribution in [-0.2, 0) is 14.4 Å². The fourth-order valence-electron chi connectivity index (χ4n) is 3.68. The topological polar surface area (TPSA) is 125 Å². The normalized spacial score (nSPS) is 15.5. The molecule has 0 aromatic rings. The SMILES string of the molecule is C=C(N)NCCC[C@H](NC(=O)C(CC)(CC)NC(=O)C(C)C)C(=O)NC1CCCC1. The minimum atomic E-state index is -1.03. The molecule has 172 valence electrons. The van der Waals surface area contributed by atoms with Crippen LogP contribution in [0.2, 0.25) is 0 Å². The molecular formula is C22H41N5O3. The van der Waals surface area contributed by atoms with Gasteiger partial charge in [0.25, 0.3) is 0 Å². The zero-order chi connectivity index (χ0) is 22.7. The zero-order valence-corrected chi connectivity index (χ0v) is 19.1. The van der Waals surface area contributed by atoms with E-state index in [1.165, 1.54) is 0 Å². The highest BCUT2D eigenvalue weighted by atomic mass is 16.2. The Morgan fingerprint density at radius 1 is 1.10 bits per heavy atom. The maximum absolute atomic E-state index is 13.2. The van der Waals surface area contributed by atoms with E-state index in [9.17, 15) is 14.4 Å². The monoisotopic (exact) mass is 423 g/mol. The third kappa shape index (κ3) is 7.88. The number of nitrogens with two attached hydrogens (primary N) is 1. The summed E-state index contributed by atoms with van der Waals surface area (Å²) in [6, 6.07) is -0.499. The van der Waals surface area contributed by atoms with Gasteiger partial charge in [-0.05, 0) is 38.5 Å². The van der Waals surface area contributed by atoms with Crippen LogP contribution in [0.4, 0.5) is 0 Å². The molecule has 0 bridgehead atoms. The molecule has 0 heterocycles. The number of nitrogens with one attached hydrogen (secondary N) is 4. The van der Waals surface area contributed by atoms with Crippen molar-refractivity contribution >= 4 is 17.7 Å². The van der Waals surface area contributed by atoms with E-state index in [4.69, 9.17) is 5.73 Å². The van der Waals surface area contributed by atoms with Crippen molar-refractivity contribution in [1.29, 1.82) is 0 Å². The van der Waals surface area contributed by atoms with Crippen LogP contribution in [0, 0.1) is 5.92 Å². The lowest BCUT2D eigenvalue weighted by atomic mass is 9.90. The van der Waals surface area contributed by atoms with Gasteiger partial charge in [0.1, 0.15) is 11.6 Å². The first kappa shape index (κ1) is 25.8. The quantitative estimate of drug-likeness (QED) is 0.288. The summed E-state index contributed by atoms with van der Waals surface area (Å²) in [6.45, 7) is 11.5. The van der Waals surface area contributed by atoms with Crippen LogP contribution in [0.25, 0.3) is 0 Å². The fourth-order valence-corrected chi connectivity index (χ4v) is 3.68. The maximum Gasteiger partial charge on any atom is 0.246 e. The smallest absolute Gasteiger partial charge is 0.246 e. The Balaban J connectivity index is 2.88. The van der Waals surface area contributed by atoms with E-state index >= 15 is 0 Å². The molecule has 1 fully saturated rings. The Morgan fingerprint density at radius 3 is 2.20 bits per heavy atom. The molecule has 8 nitrogen and oxygen atoms in total. The van der Waals surface area contributed by atoms with Crippen molar-refractivity contribution in [3.63, 3.8) is 0 Å². The van der Waals surface area contributed by atoms with Gasteiger partial charge in [0.15, 0.2) is 0 Å². The molecule has 0 radical (unpaired) electrons. The molecule has 1 aliphatic carbocycles. The summed E-state index contributed by atoms with van der Waals surface area (Å²) in [4.78, 5) is 38.5. The predicted molar refractivity (Wildman–Crippen MR) is 119 cm³/mol. The molecule has 0 aromatic carbocycles. The van der Waals surface area contributed by atoms with Crippen molar-refractivity contribution in [2.75, 3.05) is 6.54 Å². The van der Waals surface area contributed by atoms with Crippen molar-refractivity contribution in [1.82, 2.24) is 21.3 Å². The molecule has 6 N–H and O–H groups in total. The van der Waals surface area contributed by atoms with E-state index < -0.39 is 11.6 Å². The minimum Gasteiger partial charge on any atom is -0.386 e. The van der Waals surface area contributed by atoms with Gasteiger partial charge in [-0.3, -0.25) is 14.4 Å². The largest absolute Gasteiger partial charge is 0.386 e. The second-order valence-electron chi connectivity index (χ2n) is 8.54. The summed E-state index contributed by atoms with van der Waals surface area (Å²) in [5.41, 5.74) is 4.50. The second-order valence-corrected chi connectivity index (χ2v) is 8.54. The molecule has 0 spiro atoms. The van der Waals surface area contributed by atoms with Crippen LogP contribution < -0.4 is 27.0 Å². The summed E-state index contributed by atoms with van der Waals surface area (Å²) in [5.74, 6) is -0.514. The first-order valence-corrected chi connectivity index (χ1v) is 11.3. The molecule has 0 unspecified atom stereocenters. The van der Waals surface area contributed by atoms with E-state index in [-0.39, 0.29) is 29.7 Å². The highest BCUT2D eigenvalue weighted by Gasteiger charge is 2.39. The first-order valence-electron chi connectivity index (χ1n) is 11.3. The molecule has 1 saturated carbocycles. The molecule has 1 atom stereocenters. The van der Waals surface area contributed by atoms with Crippen LogP contribution >= 0.6 is 0 Å². The van der Waals surface area contributed by atoms with Crippen molar-refractivity contribution in [2.45, 2.75) is 96.7 Å². The van der Waals surface area contributed by atoms with Crippen LogP contribution in [-0.4, -0.2) is 41.9 Å². The molecule has 8 heteroatoms. The second kappa shape index (κ2) is 12.4. The lowest BCUT2D eigenvalue weighted by molar-refractivity contribution is -0.137. The van der Waals surface area contributed by atoms with Gasteiger partial charge in [0.05, 0.1) is 5.82 Å². The Morgan fingerprint density at radius 2 is 1.70 bits per heavy atom. The van der Waals surface area contributed by atoms with Crippen LogP contribution in [0.15, 0.2) is 12.4 Å². The Labute approximate surface area is 181 Å². The van der Waals surface area contributed by atoms with E-state index in [1.807, 2.05) is 13.8 Å². The first-order chi connectivity index (χ1) is 14.1. The highest BCUT2D eigenvalue weighted by Crippen LogP contribution is 2.19. The third-order valence-corrected chi connectivity index (χ3v) is 5.87.